The molecule has 1 atom stereocenters. The minimum Gasteiger partial charge on any atom is -0.350 e. The minimum atomic E-state index is -0.0376. The fraction of sp³-hybridized carbons (Fsp3) is 0.444. The number of amides is 1. The Morgan fingerprint density at radius 2 is 2.00 bits per heavy atom. The molecular formula is C18H23N3O. The first kappa shape index (κ1) is 14.8. The Morgan fingerprint density at radius 1 is 1.23 bits per heavy atom. The third-order valence-electron chi connectivity index (χ3n) is 4.57. The normalized spacial score (nSPS) is 17.1. The van der Waals surface area contributed by atoms with E-state index < -0.39 is 0 Å². The molecular weight excluding hydrogens is 274 g/mol. The Kier molecular flexibility index (Phi) is 4.88. The summed E-state index contributed by atoms with van der Waals surface area (Å²) in [5.74, 6) is 0.551. The van der Waals surface area contributed by atoms with Crippen molar-refractivity contribution in [1.29, 1.82) is 0 Å². The van der Waals surface area contributed by atoms with Crippen LogP contribution in [-0.4, -0.2) is 15.9 Å². The summed E-state index contributed by atoms with van der Waals surface area (Å²) in [5, 5.41) is 3.07. The number of rotatable bonds is 5. The van der Waals surface area contributed by atoms with Gasteiger partial charge in [-0.25, -0.2) is 4.98 Å². The topological polar surface area (TPSA) is 57.8 Å². The zero-order valence-corrected chi connectivity index (χ0v) is 12.8. The molecule has 4 nitrogen and oxygen atoms in total. The number of imidazole rings is 1. The molecule has 1 amide bonds. The SMILES string of the molecule is O=C(NCc1cnc[nH]1)C(c1ccccc1)C1CCCCC1. The first-order valence-corrected chi connectivity index (χ1v) is 8.14. The summed E-state index contributed by atoms with van der Waals surface area (Å²) in [6.45, 7) is 0.509. The van der Waals surface area contributed by atoms with Crippen LogP contribution in [0, 0.1) is 5.92 Å². The number of benzene rings is 1. The molecule has 1 aliphatic rings. The molecule has 0 bridgehead atoms. The van der Waals surface area contributed by atoms with Gasteiger partial charge in [0, 0.05) is 6.20 Å². The number of hydrogen-bond donors (Lipinski definition) is 2. The van der Waals surface area contributed by atoms with Gasteiger partial charge in [-0.1, -0.05) is 49.6 Å². The number of aromatic nitrogens is 2. The predicted molar refractivity (Wildman–Crippen MR) is 86.2 cm³/mol. The van der Waals surface area contributed by atoms with Crippen molar-refractivity contribution >= 4 is 5.91 Å². The summed E-state index contributed by atoms with van der Waals surface area (Å²) < 4.78 is 0. The molecule has 1 aromatic carbocycles. The fourth-order valence-electron chi connectivity index (χ4n) is 3.44. The molecule has 2 N–H and O–H groups in total. The number of nitrogens with zero attached hydrogens (tertiary/aromatic N) is 1. The lowest BCUT2D eigenvalue weighted by Crippen LogP contribution is -2.34. The molecule has 1 saturated carbocycles. The van der Waals surface area contributed by atoms with E-state index in [2.05, 4.69) is 27.4 Å². The molecule has 2 aromatic rings. The molecule has 1 aromatic heterocycles. The van der Waals surface area contributed by atoms with Crippen molar-refractivity contribution in [2.24, 2.45) is 5.92 Å². The Bertz CT molecular complexity index is 574. The van der Waals surface area contributed by atoms with E-state index in [1.54, 1.807) is 12.5 Å². The maximum atomic E-state index is 12.8. The van der Waals surface area contributed by atoms with Crippen LogP contribution in [0.4, 0.5) is 0 Å². The highest BCUT2D eigenvalue weighted by molar-refractivity contribution is 5.84. The van der Waals surface area contributed by atoms with E-state index in [4.69, 9.17) is 0 Å². The molecule has 1 heterocycles. The Labute approximate surface area is 131 Å². The van der Waals surface area contributed by atoms with Crippen molar-refractivity contribution < 1.29 is 4.79 Å². The largest absolute Gasteiger partial charge is 0.350 e. The Morgan fingerprint density at radius 3 is 2.68 bits per heavy atom. The maximum Gasteiger partial charge on any atom is 0.228 e. The zero-order chi connectivity index (χ0) is 15.2. The second-order valence-corrected chi connectivity index (χ2v) is 6.08. The third-order valence-corrected chi connectivity index (χ3v) is 4.57. The van der Waals surface area contributed by atoms with Crippen LogP contribution in [-0.2, 0) is 11.3 Å². The molecule has 1 aliphatic carbocycles. The molecule has 3 rings (SSSR count). The second-order valence-electron chi connectivity index (χ2n) is 6.08. The maximum absolute atomic E-state index is 12.8. The molecule has 4 heteroatoms. The molecule has 1 fully saturated rings. The van der Waals surface area contributed by atoms with Crippen LogP contribution in [0.1, 0.15) is 49.3 Å². The number of nitrogens with one attached hydrogen (secondary N) is 2. The fourth-order valence-corrected chi connectivity index (χ4v) is 3.44. The molecule has 0 aliphatic heterocycles. The number of hydrogen-bond acceptors (Lipinski definition) is 2. The molecule has 1 unspecified atom stereocenters. The number of H-pyrrole nitrogens is 1. The van der Waals surface area contributed by atoms with Crippen molar-refractivity contribution in [2.75, 3.05) is 0 Å². The molecule has 0 saturated heterocycles. The monoisotopic (exact) mass is 297 g/mol. The van der Waals surface area contributed by atoms with Gasteiger partial charge >= 0.3 is 0 Å². The van der Waals surface area contributed by atoms with E-state index in [-0.39, 0.29) is 11.8 Å². The highest BCUT2D eigenvalue weighted by Crippen LogP contribution is 2.36. The summed E-state index contributed by atoms with van der Waals surface area (Å²) in [6.07, 6.45) is 9.46. The van der Waals surface area contributed by atoms with Gasteiger partial charge in [-0.05, 0) is 24.3 Å². The van der Waals surface area contributed by atoms with Crippen LogP contribution in [0.25, 0.3) is 0 Å². The van der Waals surface area contributed by atoms with Crippen molar-refractivity contribution in [3.8, 4) is 0 Å². The minimum absolute atomic E-state index is 0.0376. The van der Waals surface area contributed by atoms with Crippen LogP contribution >= 0.6 is 0 Å². The third kappa shape index (κ3) is 3.56. The highest BCUT2D eigenvalue weighted by Gasteiger charge is 2.30. The molecule has 116 valence electrons. The van der Waals surface area contributed by atoms with Crippen LogP contribution < -0.4 is 5.32 Å². The van der Waals surface area contributed by atoms with Crippen molar-refractivity contribution in [2.45, 2.75) is 44.6 Å². The van der Waals surface area contributed by atoms with Gasteiger partial charge in [0.25, 0.3) is 0 Å². The summed E-state index contributed by atoms with van der Waals surface area (Å²) in [5.41, 5.74) is 2.07. The van der Waals surface area contributed by atoms with Gasteiger partial charge in [-0.3, -0.25) is 4.79 Å². The number of aromatic amines is 1. The average molecular weight is 297 g/mol. The molecule has 0 spiro atoms. The van der Waals surface area contributed by atoms with Crippen molar-refractivity contribution in [1.82, 2.24) is 15.3 Å². The quantitative estimate of drug-likeness (QED) is 0.888. The lowest BCUT2D eigenvalue weighted by Gasteiger charge is -2.29. The van der Waals surface area contributed by atoms with Gasteiger partial charge in [0.1, 0.15) is 0 Å². The van der Waals surface area contributed by atoms with Gasteiger partial charge in [0.05, 0.1) is 24.5 Å². The summed E-state index contributed by atoms with van der Waals surface area (Å²) in [4.78, 5) is 19.8. The standard InChI is InChI=1S/C18H23N3O/c22-18(20-12-16-11-19-13-21-16)17(14-7-3-1-4-8-14)15-9-5-2-6-10-15/h1,3-4,7-8,11,13,15,17H,2,5-6,9-10,12H2,(H,19,21)(H,20,22). The van der Waals surface area contributed by atoms with E-state index in [1.165, 1.54) is 19.3 Å². The van der Waals surface area contributed by atoms with Crippen molar-refractivity contribution in [3.63, 3.8) is 0 Å². The van der Waals surface area contributed by atoms with E-state index in [9.17, 15) is 4.79 Å². The smallest absolute Gasteiger partial charge is 0.228 e. The summed E-state index contributed by atoms with van der Waals surface area (Å²) in [7, 11) is 0. The first-order chi connectivity index (χ1) is 10.8. The lowest BCUT2D eigenvalue weighted by atomic mass is 9.76. The van der Waals surface area contributed by atoms with Crippen molar-refractivity contribution in [3.05, 3.63) is 54.1 Å². The summed E-state index contributed by atoms with van der Waals surface area (Å²) >= 11 is 0. The predicted octanol–water partition coefficient (Wildman–Crippen LogP) is 3.39. The van der Waals surface area contributed by atoms with E-state index in [1.807, 2.05) is 18.2 Å². The first-order valence-electron chi connectivity index (χ1n) is 8.14. The lowest BCUT2D eigenvalue weighted by molar-refractivity contribution is -0.124. The van der Waals surface area contributed by atoms with Gasteiger partial charge in [0.15, 0.2) is 0 Å². The number of carbonyl (C=O) groups excluding carboxylic acids is 1. The average Bonchev–Trinajstić information content (AvgIpc) is 3.09. The van der Waals surface area contributed by atoms with Crippen LogP contribution in [0.2, 0.25) is 0 Å². The zero-order valence-electron chi connectivity index (χ0n) is 12.8. The van der Waals surface area contributed by atoms with Gasteiger partial charge < -0.3 is 10.3 Å². The van der Waals surface area contributed by atoms with E-state index in [0.29, 0.717) is 12.5 Å². The van der Waals surface area contributed by atoms with Crippen LogP contribution in [0.3, 0.4) is 0 Å². The number of carbonyl (C=O) groups is 1. The van der Waals surface area contributed by atoms with E-state index in [0.717, 1.165) is 24.1 Å². The highest BCUT2D eigenvalue weighted by atomic mass is 16.1. The van der Waals surface area contributed by atoms with Gasteiger partial charge in [-0.15, -0.1) is 0 Å². The Hall–Kier alpha value is -2.10. The van der Waals surface area contributed by atoms with Gasteiger partial charge in [0.2, 0.25) is 5.91 Å². The second kappa shape index (κ2) is 7.25. The van der Waals surface area contributed by atoms with Crippen LogP contribution in [0.5, 0.6) is 0 Å². The molecule has 0 radical (unpaired) electrons. The van der Waals surface area contributed by atoms with E-state index >= 15 is 0 Å². The van der Waals surface area contributed by atoms with Crippen LogP contribution in [0.15, 0.2) is 42.9 Å². The summed E-state index contributed by atoms with van der Waals surface area (Å²) in [6, 6.07) is 10.2. The van der Waals surface area contributed by atoms with Gasteiger partial charge in [-0.2, -0.15) is 0 Å². The Balaban J connectivity index is 1.73. The molecule has 22 heavy (non-hydrogen) atoms.